The molecule has 0 aliphatic heterocycles. The molecule has 0 unspecified atom stereocenters. The number of carbonyl (C=O) groups excluding carboxylic acids is 1. The fourth-order valence-electron chi connectivity index (χ4n) is 0.731. The van der Waals surface area contributed by atoms with Crippen LogP contribution in [0.3, 0.4) is 0 Å². The van der Waals surface area contributed by atoms with Gasteiger partial charge in [0.25, 0.3) is 0 Å². The number of hydrogen-bond donors (Lipinski definition) is 2. The van der Waals surface area contributed by atoms with Gasteiger partial charge in [0.15, 0.2) is 0 Å². The van der Waals surface area contributed by atoms with Crippen molar-refractivity contribution in [2.45, 2.75) is 6.92 Å². The number of anilines is 1. The molecule has 0 saturated heterocycles. The lowest BCUT2D eigenvalue weighted by Gasteiger charge is -2.05. The molecular weight excluding hydrogens is 154 g/mol. The highest BCUT2D eigenvalue weighted by Crippen LogP contribution is 2.09. The second-order valence-corrected chi connectivity index (χ2v) is 2.33. The molecule has 1 aromatic heterocycles. The molecule has 2 amide bonds. The average Bonchev–Trinajstić information content (AvgIpc) is 2.09. The maximum Gasteiger partial charge on any atom is 0.319 e. The summed E-state index contributed by atoms with van der Waals surface area (Å²) in [5.41, 5.74) is 1.64. The molecule has 0 aliphatic carbocycles. The van der Waals surface area contributed by atoms with Gasteiger partial charge in [-0.05, 0) is 18.6 Å². The summed E-state index contributed by atoms with van der Waals surface area (Å²) in [7, 11) is 1.56. The Morgan fingerprint density at radius 1 is 1.67 bits per heavy atom. The highest BCUT2D eigenvalue weighted by atomic mass is 16.2. The van der Waals surface area contributed by atoms with Gasteiger partial charge in [-0.25, -0.2) is 4.79 Å². The van der Waals surface area contributed by atoms with E-state index in [0.717, 1.165) is 5.56 Å². The third kappa shape index (κ3) is 1.95. The largest absolute Gasteiger partial charge is 0.341 e. The highest BCUT2D eigenvalue weighted by Gasteiger charge is 2.00. The average molecular weight is 164 g/mol. The van der Waals surface area contributed by atoms with Crippen LogP contribution >= 0.6 is 0 Å². The second-order valence-electron chi connectivity index (χ2n) is 2.33. The summed E-state index contributed by atoms with van der Waals surface area (Å²) in [5, 5.41) is 5.08. The Bertz CT molecular complexity index is 285. The molecular formula is C8H10N3O. The van der Waals surface area contributed by atoms with E-state index in [2.05, 4.69) is 21.8 Å². The minimum Gasteiger partial charge on any atom is -0.341 e. The van der Waals surface area contributed by atoms with Crippen molar-refractivity contribution in [3.63, 3.8) is 0 Å². The Hall–Kier alpha value is -1.58. The Kier molecular flexibility index (Phi) is 2.63. The van der Waals surface area contributed by atoms with Crippen LogP contribution in [0.15, 0.2) is 12.3 Å². The number of nitrogens with one attached hydrogen (secondary N) is 2. The van der Waals surface area contributed by atoms with Gasteiger partial charge < -0.3 is 10.6 Å². The first-order chi connectivity index (χ1) is 5.74. The molecule has 1 rings (SSSR count). The van der Waals surface area contributed by atoms with Crippen molar-refractivity contribution in [2.75, 3.05) is 12.4 Å². The van der Waals surface area contributed by atoms with Crippen LogP contribution < -0.4 is 10.6 Å². The molecule has 1 radical (unpaired) electrons. The van der Waals surface area contributed by atoms with Crippen molar-refractivity contribution in [2.24, 2.45) is 0 Å². The van der Waals surface area contributed by atoms with Crippen LogP contribution in [-0.4, -0.2) is 18.1 Å². The Balaban J connectivity index is 2.75. The summed E-state index contributed by atoms with van der Waals surface area (Å²) >= 11 is 0. The number of urea groups is 1. The van der Waals surface area contributed by atoms with Gasteiger partial charge >= 0.3 is 6.03 Å². The molecule has 1 heterocycles. The van der Waals surface area contributed by atoms with E-state index in [9.17, 15) is 4.79 Å². The number of carbonyl (C=O) groups is 1. The molecule has 0 atom stereocenters. The number of nitrogens with zero attached hydrogens (tertiary/aromatic N) is 1. The number of amides is 2. The molecule has 0 saturated carbocycles. The summed E-state index contributed by atoms with van der Waals surface area (Å²) in [4.78, 5) is 14.6. The second kappa shape index (κ2) is 3.71. The van der Waals surface area contributed by atoms with Gasteiger partial charge in [-0.1, -0.05) is 0 Å². The lowest BCUT2D eigenvalue weighted by molar-refractivity contribution is 0.254. The van der Waals surface area contributed by atoms with Crippen molar-refractivity contribution < 1.29 is 4.79 Å². The van der Waals surface area contributed by atoms with E-state index in [4.69, 9.17) is 0 Å². The maximum atomic E-state index is 10.9. The summed E-state index contributed by atoms with van der Waals surface area (Å²) in [6.07, 6.45) is 4.23. The number of rotatable bonds is 1. The SMILES string of the molecule is CNC(=O)Nc1cn[c]cc1C. The van der Waals surface area contributed by atoms with Gasteiger partial charge in [-0.2, -0.15) is 0 Å². The first-order valence-corrected chi connectivity index (χ1v) is 3.55. The molecule has 4 nitrogen and oxygen atoms in total. The molecule has 0 spiro atoms. The molecule has 12 heavy (non-hydrogen) atoms. The molecule has 1 aromatic rings. The number of pyridine rings is 1. The third-order valence-corrected chi connectivity index (χ3v) is 1.45. The van der Waals surface area contributed by atoms with Crippen LogP contribution in [-0.2, 0) is 0 Å². The van der Waals surface area contributed by atoms with E-state index in [0.29, 0.717) is 5.69 Å². The van der Waals surface area contributed by atoms with Crippen molar-refractivity contribution in [3.8, 4) is 0 Å². The van der Waals surface area contributed by atoms with Gasteiger partial charge in [0, 0.05) is 7.05 Å². The van der Waals surface area contributed by atoms with Crippen LogP contribution in [0.2, 0.25) is 0 Å². The number of aromatic nitrogens is 1. The summed E-state index contributed by atoms with van der Waals surface area (Å²) in [6, 6.07) is 1.47. The molecule has 0 aliphatic rings. The zero-order valence-corrected chi connectivity index (χ0v) is 7.01. The van der Waals surface area contributed by atoms with E-state index in [-0.39, 0.29) is 6.03 Å². The molecule has 0 bridgehead atoms. The first-order valence-electron chi connectivity index (χ1n) is 3.55. The lowest BCUT2D eigenvalue weighted by atomic mass is 10.2. The van der Waals surface area contributed by atoms with Gasteiger partial charge in [-0.15, -0.1) is 0 Å². The fourth-order valence-corrected chi connectivity index (χ4v) is 0.731. The van der Waals surface area contributed by atoms with E-state index in [1.165, 1.54) is 0 Å². The lowest BCUT2D eigenvalue weighted by Crippen LogP contribution is -2.24. The Morgan fingerprint density at radius 2 is 2.42 bits per heavy atom. The van der Waals surface area contributed by atoms with Crippen LogP contribution in [0.1, 0.15) is 5.56 Å². The minimum atomic E-state index is -0.244. The number of aryl methyl sites for hydroxylation is 1. The summed E-state index contributed by atoms with van der Waals surface area (Å²) < 4.78 is 0. The molecule has 0 aromatic carbocycles. The quantitative estimate of drug-likeness (QED) is 0.649. The summed E-state index contributed by atoms with van der Waals surface area (Å²) in [5.74, 6) is 0. The first kappa shape index (κ1) is 8.52. The van der Waals surface area contributed by atoms with Crippen LogP contribution in [0.25, 0.3) is 0 Å². The van der Waals surface area contributed by atoms with Crippen LogP contribution in [0, 0.1) is 13.1 Å². The van der Waals surface area contributed by atoms with E-state index < -0.39 is 0 Å². The van der Waals surface area contributed by atoms with Crippen LogP contribution in [0.4, 0.5) is 10.5 Å². The van der Waals surface area contributed by atoms with E-state index in [1.807, 2.05) is 6.92 Å². The van der Waals surface area contributed by atoms with Gasteiger partial charge in [0.2, 0.25) is 0 Å². The van der Waals surface area contributed by atoms with Crippen molar-refractivity contribution in [3.05, 3.63) is 24.0 Å². The minimum absolute atomic E-state index is 0.244. The van der Waals surface area contributed by atoms with Crippen molar-refractivity contribution in [1.82, 2.24) is 10.3 Å². The van der Waals surface area contributed by atoms with E-state index in [1.54, 1.807) is 19.3 Å². The molecule has 4 heteroatoms. The zero-order valence-electron chi connectivity index (χ0n) is 7.01. The topological polar surface area (TPSA) is 54.0 Å². The van der Waals surface area contributed by atoms with Gasteiger partial charge in [-0.3, -0.25) is 4.98 Å². The van der Waals surface area contributed by atoms with Gasteiger partial charge in [0.1, 0.15) is 0 Å². The van der Waals surface area contributed by atoms with Crippen LogP contribution in [0.5, 0.6) is 0 Å². The van der Waals surface area contributed by atoms with Crippen molar-refractivity contribution >= 4 is 11.7 Å². The Labute approximate surface area is 71.0 Å². The smallest absolute Gasteiger partial charge is 0.319 e. The van der Waals surface area contributed by atoms with Crippen molar-refractivity contribution in [1.29, 1.82) is 0 Å². The summed E-state index contributed by atoms with van der Waals surface area (Å²) in [6.45, 7) is 1.88. The molecule has 63 valence electrons. The highest BCUT2D eigenvalue weighted by molar-refractivity contribution is 5.89. The third-order valence-electron chi connectivity index (χ3n) is 1.45. The van der Waals surface area contributed by atoms with E-state index >= 15 is 0 Å². The maximum absolute atomic E-state index is 10.9. The Morgan fingerprint density at radius 3 is 3.00 bits per heavy atom. The zero-order chi connectivity index (χ0) is 8.97. The van der Waals surface area contributed by atoms with Gasteiger partial charge in [0.05, 0.1) is 18.1 Å². The molecule has 0 fully saturated rings. The predicted molar refractivity (Wildman–Crippen MR) is 45.9 cm³/mol. The monoisotopic (exact) mass is 164 g/mol. The standard InChI is InChI=1S/C8H10N3O/c1-6-3-4-10-5-7(6)11-8(12)9-2/h3,5H,1-2H3,(H2,9,11,12). The normalized spacial score (nSPS) is 9.17. The number of hydrogen-bond acceptors (Lipinski definition) is 2. The molecule has 2 N–H and O–H groups in total. The fraction of sp³-hybridized carbons (Fsp3) is 0.250. The predicted octanol–water partition coefficient (Wildman–Crippen LogP) is 0.942.